The summed E-state index contributed by atoms with van der Waals surface area (Å²) in [6, 6.07) is 6.65. The second-order valence-electron chi connectivity index (χ2n) is 5.73. The number of hydrogen-bond donors (Lipinski definition) is 0. The number of aryl methyl sites for hydroxylation is 1. The number of nitrogens with zero attached hydrogens (tertiary/aromatic N) is 1. The Bertz CT molecular complexity index is 897. The van der Waals surface area contributed by atoms with Crippen molar-refractivity contribution in [3.05, 3.63) is 41.2 Å². The van der Waals surface area contributed by atoms with Crippen LogP contribution in [0.15, 0.2) is 39.2 Å². The molecular formula is C15H19NO5S3. The van der Waals surface area contributed by atoms with E-state index < -0.39 is 25.1 Å². The van der Waals surface area contributed by atoms with Crippen molar-refractivity contribution in [3.63, 3.8) is 0 Å². The Hall–Kier alpha value is -1.16. The maximum Gasteiger partial charge on any atom is 0.252 e. The molecular weight excluding hydrogens is 370 g/mol. The largest absolute Gasteiger partial charge is 0.468 e. The summed E-state index contributed by atoms with van der Waals surface area (Å²) in [6.45, 7) is 2.20. The molecule has 0 radical (unpaired) electrons. The predicted octanol–water partition coefficient (Wildman–Crippen LogP) is 2.28. The number of sulfone groups is 1. The van der Waals surface area contributed by atoms with Crippen LogP contribution in [-0.4, -0.2) is 39.5 Å². The number of rotatable bonds is 6. The van der Waals surface area contributed by atoms with Gasteiger partial charge in [0.15, 0.2) is 9.84 Å². The molecule has 1 unspecified atom stereocenters. The fourth-order valence-electron chi connectivity index (χ4n) is 2.73. The lowest BCUT2D eigenvalue weighted by molar-refractivity contribution is 0.478. The van der Waals surface area contributed by atoms with Gasteiger partial charge in [0.2, 0.25) is 0 Å². The highest BCUT2D eigenvalue weighted by molar-refractivity contribution is 7.92. The highest BCUT2D eigenvalue weighted by Gasteiger charge is 2.39. The Morgan fingerprint density at radius 3 is 2.67 bits per heavy atom. The van der Waals surface area contributed by atoms with Crippen molar-refractivity contribution in [1.82, 2.24) is 4.31 Å². The lowest BCUT2D eigenvalue weighted by Crippen LogP contribution is -2.32. The molecule has 0 bridgehead atoms. The molecule has 9 heteroatoms. The third-order valence-electron chi connectivity index (χ3n) is 4.12. The Morgan fingerprint density at radius 1 is 1.25 bits per heavy atom. The lowest BCUT2D eigenvalue weighted by Gasteiger charge is -2.15. The molecule has 1 aliphatic heterocycles. The molecule has 2 aromatic heterocycles. The summed E-state index contributed by atoms with van der Waals surface area (Å²) < 4.78 is 57.0. The van der Waals surface area contributed by atoms with Crippen LogP contribution in [0.25, 0.3) is 0 Å². The summed E-state index contributed by atoms with van der Waals surface area (Å²) in [4.78, 5) is 0.995. The first-order chi connectivity index (χ1) is 11.3. The van der Waals surface area contributed by atoms with Crippen LogP contribution in [-0.2, 0) is 32.0 Å². The van der Waals surface area contributed by atoms with Gasteiger partial charge in [-0.15, -0.1) is 11.3 Å². The maximum atomic E-state index is 12.7. The zero-order valence-corrected chi connectivity index (χ0v) is 15.7. The highest BCUT2D eigenvalue weighted by Crippen LogP contribution is 2.30. The quantitative estimate of drug-likeness (QED) is 0.757. The van der Waals surface area contributed by atoms with Crippen molar-refractivity contribution in [2.24, 2.45) is 0 Å². The fourth-order valence-corrected chi connectivity index (χ4v) is 7.45. The Labute approximate surface area is 146 Å². The molecule has 1 aliphatic rings. The van der Waals surface area contributed by atoms with E-state index in [2.05, 4.69) is 0 Å². The topological polar surface area (TPSA) is 84.7 Å². The third kappa shape index (κ3) is 3.44. The van der Waals surface area contributed by atoms with Crippen molar-refractivity contribution in [3.8, 4) is 0 Å². The first-order valence-corrected chi connectivity index (χ1v) is 11.6. The number of hydrogen-bond acceptors (Lipinski definition) is 6. The van der Waals surface area contributed by atoms with Crippen LogP contribution in [0.1, 0.15) is 24.0 Å². The van der Waals surface area contributed by atoms with Gasteiger partial charge in [0.05, 0.1) is 11.5 Å². The van der Waals surface area contributed by atoms with Gasteiger partial charge in [-0.2, -0.15) is 4.31 Å². The number of sulfonamides is 1. The van der Waals surface area contributed by atoms with Gasteiger partial charge in [-0.05, 0) is 37.1 Å². The van der Waals surface area contributed by atoms with Crippen LogP contribution in [0.3, 0.4) is 0 Å². The Kier molecular flexibility index (Phi) is 4.87. The van der Waals surface area contributed by atoms with Crippen molar-refractivity contribution in [1.29, 1.82) is 0 Å². The van der Waals surface area contributed by atoms with Gasteiger partial charge < -0.3 is 4.42 Å². The molecule has 0 N–H and O–H groups in total. The SMILES string of the molecule is CCc1ccc(S(=O)(=O)N2CCC(S(=O)(=O)Cc3ccco3)C2)s1. The van der Waals surface area contributed by atoms with Crippen LogP contribution < -0.4 is 0 Å². The summed E-state index contributed by atoms with van der Waals surface area (Å²) in [5, 5.41) is -0.692. The molecule has 1 saturated heterocycles. The van der Waals surface area contributed by atoms with E-state index in [0.29, 0.717) is 12.2 Å². The third-order valence-corrected chi connectivity index (χ3v) is 9.77. The van der Waals surface area contributed by atoms with Gasteiger partial charge >= 0.3 is 0 Å². The van der Waals surface area contributed by atoms with E-state index >= 15 is 0 Å². The van der Waals surface area contributed by atoms with Gasteiger partial charge in [0.1, 0.15) is 15.7 Å². The van der Waals surface area contributed by atoms with Gasteiger partial charge in [-0.25, -0.2) is 16.8 Å². The molecule has 0 saturated carbocycles. The molecule has 0 amide bonds. The minimum absolute atomic E-state index is 0.00470. The summed E-state index contributed by atoms with van der Waals surface area (Å²) in [6.07, 6.45) is 2.52. The summed E-state index contributed by atoms with van der Waals surface area (Å²) >= 11 is 1.25. The van der Waals surface area contributed by atoms with Crippen LogP contribution in [0.4, 0.5) is 0 Å². The second-order valence-corrected chi connectivity index (χ2v) is 11.3. The van der Waals surface area contributed by atoms with E-state index in [1.165, 1.54) is 21.9 Å². The van der Waals surface area contributed by atoms with Gasteiger partial charge in [-0.1, -0.05) is 6.92 Å². The lowest BCUT2D eigenvalue weighted by atomic mass is 10.4. The maximum absolute atomic E-state index is 12.7. The Balaban J connectivity index is 1.74. The van der Waals surface area contributed by atoms with Crippen molar-refractivity contribution in [2.45, 2.75) is 35.0 Å². The zero-order valence-electron chi connectivity index (χ0n) is 13.2. The Morgan fingerprint density at radius 2 is 2.04 bits per heavy atom. The average molecular weight is 390 g/mol. The van der Waals surface area contributed by atoms with Crippen LogP contribution in [0.5, 0.6) is 0 Å². The molecule has 24 heavy (non-hydrogen) atoms. The first-order valence-electron chi connectivity index (χ1n) is 7.66. The van der Waals surface area contributed by atoms with Crippen LogP contribution >= 0.6 is 11.3 Å². The molecule has 132 valence electrons. The number of furan rings is 1. The van der Waals surface area contributed by atoms with Crippen molar-refractivity contribution in [2.75, 3.05) is 13.1 Å². The molecule has 0 spiro atoms. The monoisotopic (exact) mass is 389 g/mol. The molecule has 0 aliphatic carbocycles. The molecule has 3 rings (SSSR count). The molecule has 2 aromatic rings. The average Bonchev–Trinajstić information content (AvgIpc) is 3.27. The van der Waals surface area contributed by atoms with E-state index in [4.69, 9.17) is 4.42 Å². The molecule has 3 heterocycles. The smallest absolute Gasteiger partial charge is 0.252 e. The summed E-state index contributed by atoms with van der Waals surface area (Å²) in [7, 11) is -7.07. The number of thiophene rings is 1. The van der Waals surface area contributed by atoms with Crippen LogP contribution in [0.2, 0.25) is 0 Å². The minimum Gasteiger partial charge on any atom is -0.468 e. The van der Waals surface area contributed by atoms with Gasteiger partial charge in [0, 0.05) is 18.0 Å². The van der Waals surface area contributed by atoms with Crippen LogP contribution in [0, 0.1) is 0 Å². The minimum atomic E-state index is -3.62. The molecule has 6 nitrogen and oxygen atoms in total. The summed E-state index contributed by atoms with van der Waals surface area (Å²) in [5.41, 5.74) is 0. The highest BCUT2D eigenvalue weighted by atomic mass is 32.2. The van der Waals surface area contributed by atoms with Gasteiger partial charge in [0.25, 0.3) is 10.0 Å². The van der Waals surface area contributed by atoms with E-state index in [9.17, 15) is 16.8 Å². The first kappa shape index (κ1) is 17.7. The second kappa shape index (κ2) is 6.62. The van der Waals surface area contributed by atoms with E-state index in [1.54, 1.807) is 24.3 Å². The molecule has 1 atom stereocenters. The van der Waals surface area contributed by atoms with Gasteiger partial charge in [-0.3, -0.25) is 0 Å². The van der Waals surface area contributed by atoms with E-state index in [0.717, 1.165) is 11.3 Å². The van der Waals surface area contributed by atoms with E-state index in [-0.39, 0.29) is 23.1 Å². The zero-order chi connectivity index (χ0) is 17.4. The fraction of sp³-hybridized carbons (Fsp3) is 0.467. The normalized spacial score (nSPS) is 19.8. The molecule has 1 fully saturated rings. The predicted molar refractivity (Wildman–Crippen MR) is 92.2 cm³/mol. The van der Waals surface area contributed by atoms with Crippen molar-refractivity contribution < 1.29 is 21.3 Å². The van der Waals surface area contributed by atoms with Crippen molar-refractivity contribution >= 4 is 31.2 Å². The molecule has 0 aromatic carbocycles. The standard InChI is InChI=1S/C15H19NO5S3/c1-2-13-5-6-15(22-13)24(19,20)16-8-7-14(10-16)23(17,18)11-12-4-3-9-21-12/h3-6,9,14H,2,7-8,10-11H2,1H3. The summed E-state index contributed by atoms with van der Waals surface area (Å²) in [5.74, 6) is 0.180. The van der Waals surface area contributed by atoms with E-state index in [1.807, 2.05) is 6.92 Å².